The van der Waals surface area contributed by atoms with Gasteiger partial charge in [-0.15, -0.1) is 0 Å². The molecule has 4 rings (SSSR count). The molecule has 1 amide bonds. The van der Waals surface area contributed by atoms with Crippen molar-refractivity contribution in [2.45, 2.75) is 46.1 Å². The average molecular weight is 483 g/mol. The van der Waals surface area contributed by atoms with E-state index in [1.165, 1.54) is 16.2 Å². The summed E-state index contributed by atoms with van der Waals surface area (Å²) in [5, 5.41) is 3.21. The van der Waals surface area contributed by atoms with E-state index in [1.54, 1.807) is 35.6 Å². The summed E-state index contributed by atoms with van der Waals surface area (Å²) >= 11 is 6.68. The Morgan fingerprint density at radius 2 is 2.06 bits per heavy atom. The van der Waals surface area contributed by atoms with Crippen molar-refractivity contribution in [3.63, 3.8) is 0 Å². The van der Waals surface area contributed by atoms with Crippen molar-refractivity contribution in [2.75, 3.05) is 11.9 Å². The van der Waals surface area contributed by atoms with Gasteiger partial charge in [0.25, 0.3) is 11.5 Å². The standard InChI is InChI=1S/C24H26N4O3S2/c1-3-4-5-6-11-28-23(30)19(33-24(28)32)14-18-20(25-15-17-10-8-13-31-17)26-21-16(2)9-7-12-27(21)22(18)29/h7-10,12-14,25H,3-6,11,15H2,1-2H3/b19-14+. The van der Waals surface area contributed by atoms with Crippen LogP contribution in [0, 0.1) is 6.92 Å². The highest BCUT2D eigenvalue weighted by Crippen LogP contribution is 2.33. The van der Waals surface area contributed by atoms with Crippen LogP contribution in [-0.4, -0.2) is 31.1 Å². The highest BCUT2D eigenvalue weighted by Gasteiger charge is 2.32. The molecule has 0 saturated carbocycles. The van der Waals surface area contributed by atoms with Crippen molar-refractivity contribution < 1.29 is 9.21 Å². The molecule has 1 aliphatic heterocycles. The summed E-state index contributed by atoms with van der Waals surface area (Å²) in [7, 11) is 0. The van der Waals surface area contributed by atoms with Gasteiger partial charge in [-0.3, -0.25) is 18.9 Å². The molecule has 1 aliphatic rings. The van der Waals surface area contributed by atoms with Gasteiger partial charge >= 0.3 is 0 Å². The quantitative estimate of drug-likeness (QED) is 0.261. The highest BCUT2D eigenvalue weighted by atomic mass is 32.2. The minimum Gasteiger partial charge on any atom is -0.467 e. The van der Waals surface area contributed by atoms with Gasteiger partial charge in [0.1, 0.15) is 21.5 Å². The van der Waals surface area contributed by atoms with E-state index in [0.717, 1.165) is 31.2 Å². The first-order valence-corrected chi connectivity index (χ1v) is 12.3. The van der Waals surface area contributed by atoms with Crippen molar-refractivity contribution in [2.24, 2.45) is 0 Å². The lowest BCUT2D eigenvalue weighted by molar-refractivity contribution is -0.122. The van der Waals surface area contributed by atoms with Gasteiger partial charge < -0.3 is 9.73 Å². The molecule has 7 nitrogen and oxygen atoms in total. The summed E-state index contributed by atoms with van der Waals surface area (Å²) in [6, 6.07) is 7.36. The Kier molecular flexibility index (Phi) is 7.29. The lowest BCUT2D eigenvalue weighted by Gasteiger charge is -2.14. The normalized spacial score (nSPS) is 15.2. The lowest BCUT2D eigenvalue weighted by atomic mass is 10.2. The number of nitrogens with zero attached hydrogens (tertiary/aromatic N) is 3. The molecular weight excluding hydrogens is 456 g/mol. The minimum atomic E-state index is -0.251. The molecule has 1 N–H and O–H groups in total. The average Bonchev–Trinajstić information content (AvgIpc) is 3.41. The van der Waals surface area contributed by atoms with Crippen molar-refractivity contribution >= 4 is 51.7 Å². The Labute approximate surface area is 201 Å². The van der Waals surface area contributed by atoms with E-state index < -0.39 is 0 Å². The summed E-state index contributed by atoms with van der Waals surface area (Å²) in [6.45, 7) is 5.01. The Bertz CT molecular complexity index is 1260. The van der Waals surface area contributed by atoms with Crippen molar-refractivity contribution in [1.82, 2.24) is 14.3 Å². The van der Waals surface area contributed by atoms with Gasteiger partial charge in [-0.1, -0.05) is 56.2 Å². The molecule has 0 spiro atoms. The number of aromatic nitrogens is 2. The van der Waals surface area contributed by atoms with Crippen LogP contribution in [0.2, 0.25) is 0 Å². The number of fused-ring (bicyclic) bond motifs is 1. The number of hydrogen-bond acceptors (Lipinski definition) is 7. The molecule has 0 bridgehead atoms. The fourth-order valence-corrected chi connectivity index (χ4v) is 4.97. The maximum Gasteiger partial charge on any atom is 0.267 e. The van der Waals surface area contributed by atoms with E-state index in [2.05, 4.69) is 12.2 Å². The summed E-state index contributed by atoms with van der Waals surface area (Å²) in [4.78, 5) is 33.2. The molecule has 1 fully saturated rings. The Morgan fingerprint density at radius 3 is 2.82 bits per heavy atom. The molecule has 9 heteroatoms. The second-order valence-corrected chi connectivity index (χ2v) is 9.57. The van der Waals surface area contributed by atoms with Gasteiger partial charge in [0.2, 0.25) is 0 Å². The van der Waals surface area contributed by atoms with Gasteiger partial charge in [-0.05, 0) is 43.2 Å². The van der Waals surface area contributed by atoms with E-state index in [1.807, 2.05) is 19.1 Å². The summed E-state index contributed by atoms with van der Waals surface area (Å²) in [5.41, 5.74) is 1.50. The van der Waals surface area contributed by atoms with Gasteiger partial charge in [0.05, 0.1) is 23.3 Å². The number of anilines is 1. The van der Waals surface area contributed by atoms with Crippen LogP contribution in [0.15, 0.2) is 50.8 Å². The van der Waals surface area contributed by atoms with Gasteiger partial charge in [0, 0.05) is 12.7 Å². The molecule has 0 atom stereocenters. The number of carbonyl (C=O) groups excluding carboxylic acids is 1. The Balaban J connectivity index is 1.69. The van der Waals surface area contributed by atoms with Crippen LogP contribution in [0.25, 0.3) is 11.7 Å². The lowest BCUT2D eigenvalue weighted by Crippen LogP contribution is -2.29. The zero-order valence-electron chi connectivity index (χ0n) is 18.7. The second-order valence-electron chi connectivity index (χ2n) is 7.89. The molecular formula is C24H26N4O3S2. The third-order valence-corrected chi connectivity index (χ3v) is 6.86. The number of furan rings is 1. The largest absolute Gasteiger partial charge is 0.467 e. The van der Waals surface area contributed by atoms with Crippen LogP contribution in [-0.2, 0) is 11.3 Å². The zero-order chi connectivity index (χ0) is 23.4. The number of rotatable bonds is 9. The van der Waals surface area contributed by atoms with Gasteiger partial charge in [-0.25, -0.2) is 4.98 Å². The highest BCUT2D eigenvalue weighted by molar-refractivity contribution is 8.26. The summed E-state index contributed by atoms with van der Waals surface area (Å²) < 4.78 is 7.43. The minimum absolute atomic E-state index is 0.160. The first kappa shape index (κ1) is 23.3. The molecule has 3 aromatic heterocycles. The number of aryl methyl sites for hydroxylation is 1. The zero-order valence-corrected chi connectivity index (χ0v) is 20.3. The third-order valence-electron chi connectivity index (χ3n) is 5.48. The second kappa shape index (κ2) is 10.4. The molecule has 33 heavy (non-hydrogen) atoms. The van der Waals surface area contributed by atoms with E-state index >= 15 is 0 Å². The molecule has 0 aliphatic carbocycles. The van der Waals surface area contributed by atoms with E-state index in [4.69, 9.17) is 21.6 Å². The molecule has 0 aromatic carbocycles. The smallest absolute Gasteiger partial charge is 0.267 e. The van der Waals surface area contributed by atoms with E-state index in [9.17, 15) is 9.59 Å². The number of unbranched alkanes of at least 4 members (excludes halogenated alkanes) is 3. The number of hydrogen-bond donors (Lipinski definition) is 1. The Hall–Kier alpha value is -2.91. The number of thiocarbonyl (C=S) groups is 1. The van der Waals surface area contributed by atoms with Crippen molar-refractivity contribution in [1.29, 1.82) is 0 Å². The van der Waals surface area contributed by atoms with Crippen LogP contribution in [0.1, 0.15) is 49.5 Å². The number of pyridine rings is 1. The molecule has 0 unspecified atom stereocenters. The predicted octanol–water partition coefficient (Wildman–Crippen LogP) is 4.99. The van der Waals surface area contributed by atoms with Gasteiger partial charge in [-0.2, -0.15) is 0 Å². The van der Waals surface area contributed by atoms with E-state index in [0.29, 0.717) is 45.1 Å². The fourth-order valence-electron chi connectivity index (χ4n) is 3.68. The van der Waals surface area contributed by atoms with Crippen LogP contribution in [0.5, 0.6) is 0 Å². The number of thioether (sulfide) groups is 1. The topological polar surface area (TPSA) is 79.8 Å². The van der Waals surface area contributed by atoms with Crippen molar-refractivity contribution in [3.8, 4) is 0 Å². The molecule has 172 valence electrons. The molecule has 4 heterocycles. The SMILES string of the molecule is CCCCCCN1C(=O)/C(=C\c2c(NCc3ccco3)nc3c(C)cccn3c2=O)SC1=S. The molecule has 0 radical (unpaired) electrons. The first-order chi connectivity index (χ1) is 16.0. The van der Waals surface area contributed by atoms with Crippen LogP contribution in [0.4, 0.5) is 5.82 Å². The summed E-state index contributed by atoms with van der Waals surface area (Å²) in [6.07, 6.45) is 9.12. The van der Waals surface area contributed by atoms with Crippen LogP contribution in [0.3, 0.4) is 0 Å². The predicted molar refractivity (Wildman–Crippen MR) is 136 cm³/mol. The fraction of sp³-hybridized carbons (Fsp3) is 0.333. The van der Waals surface area contributed by atoms with Gasteiger partial charge in [0.15, 0.2) is 0 Å². The van der Waals surface area contributed by atoms with Crippen LogP contribution >= 0.6 is 24.0 Å². The number of nitrogens with one attached hydrogen (secondary N) is 1. The Morgan fingerprint density at radius 1 is 1.21 bits per heavy atom. The third kappa shape index (κ3) is 5.04. The van der Waals surface area contributed by atoms with Crippen LogP contribution < -0.4 is 10.9 Å². The summed E-state index contributed by atoms with van der Waals surface area (Å²) in [5.74, 6) is 0.956. The monoisotopic (exact) mass is 482 g/mol. The maximum absolute atomic E-state index is 13.4. The number of amides is 1. The van der Waals surface area contributed by atoms with E-state index in [-0.39, 0.29) is 11.5 Å². The molecule has 1 saturated heterocycles. The molecule has 3 aromatic rings. The van der Waals surface area contributed by atoms with Crippen molar-refractivity contribution in [3.05, 3.63) is 68.9 Å². The number of carbonyl (C=O) groups is 1. The maximum atomic E-state index is 13.4. The first-order valence-electron chi connectivity index (χ1n) is 11.0.